The smallest absolute Gasteiger partial charge is 0.311 e. The molecule has 76 valence electrons. The van der Waals surface area contributed by atoms with Crippen LogP contribution in [0, 0.1) is 28.1 Å². The molecule has 4 atom stereocenters. The number of hydrogen-bond donors (Lipinski definition) is 1. The van der Waals surface area contributed by atoms with Gasteiger partial charge < -0.3 is 5.11 Å². The molecule has 14 heavy (non-hydrogen) atoms. The molecule has 4 saturated carbocycles. The molecule has 4 aliphatic carbocycles. The Hall–Kier alpha value is -0.860. The van der Waals surface area contributed by atoms with Gasteiger partial charge in [0.1, 0.15) is 5.78 Å². The van der Waals surface area contributed by atoms with Gasteiger partial charge in [-0.2, -0.15) is 0 Å². The largest absolute Gasteiger partial charge is 0.481 e. The maximum Gasteiger partial charge on any atom is 0.311 e. The summed E-state index contributed by atoms with van der Waals surface area (Å²) >= 11 is 0. The Morgan fingerprint density at radius 3 is 2.14 bits per heavy atom. The van der Waals surface area contributed by atoms with Crippen LogP contribution in [0.15, 0.2) is 0 Å². The molecule has 0 aromatic heterocycles. The van der Waals surface area contributed by atoms with Crippen molar-refractivity contribution in [3.8, 4) is 0 Å². The summed E-state index contributed by atoms with van der Waals surface area (Å²) in [4.78, 5) is 23.3. The minimum atomic E-state index is -0.757. The van der Waals surface area contributed by atoms with Crippen LogP contribution in [0.3, 0.4) is 0 Å². The molecule has 0 unspecified atom stereocenters. The van der Waals surface area contributed by atoms with Crippen molar-refractivity contribution in [2.24, 2.45) is 28.1 Å². The van der Waals surface area contributed by atoms with Crippen LogP contribution in [0.4, 0.5) is 0 Å². The maximum absolute atomic E-state index is 12.0. The van der Waals surface area contributed by atoms with Gasteiger partial charge >= 0.3 is 5.97 Å². The molecular formula is C11H14O3. The zero-order valence-electron chi connectivity index (χ0n) is 8.63. The second-order valence-electron chi connectivity index (χ2n) is 5.78. The Labute approximate surface area is 82.5 Å². The first-order valence-corrected chi connectivity index (χ1v) is 5.09. The lowest BCUT2D eigenvalue weighted by Crippen LogP contribution is -2.38. The number of ketones is 1. The standard InChI is InChI=1S/C11H14O3/c1-9(2)10(3)4-5-6(7(10)12)11(5,9)8(13)14/h5-6H,4H2,1-3H3,(H,13,14)/t5-,6+,10-,11-/m1/s1. The highest BCUT2D eigenvalue weighted by atomic mass is 16.4. The van der Waals surface area contributed by atoms with Crippen LogP contribution in [0.1, 0.15) is 27.2 Å². The van der Waals surface area contributed by atoms with Crippen LogP contribution < -0.4 is 0 Å². The predicted octanol–water partition coefficient (Wildman–Crippen LogP) is 1.32. The Morgan fingerprint density at radius 2 is 2.00 bits per heavy atom. The molecule has 4 fully saturated rings. The number of carbonyl (C=O) groups is 2. The fraction of sp³-hybridized carbons (Fsp3) is 0.818. The van der Waals surface area contributed by atoms with Gasteiger partial charge in [-0.3, -0.25) is 9.59 Å². The van der Waals surface area contributed by atoms with Gasteiger partial charge in [-0.05, 0) is 17.8 Å². The third-order valence-electron chi connectivity index (χ3n) is 5.59. The minimum Gasteiger partial charge on any atom is -0.481 e. The van der Waals surface area contributed by atoms with Crippen molar-refractivity contribution < 1.29 is 14.7 Å². The first-order chi connectivity index (χ1) is 6.32. The van der Waals surface area contributed by atoms with Crippen molar-refractivity contribution in [3.63, 3.8) is 0 Å². The van der Waals surface area contributed by atoms with Gasteiger partial charge in [0, 0.05) is 11.3 Å². The molecular weight excluding hydrogens is 180 g/mol. The summed E-state index contributed by atoms with van der Waals surface area (Å²) in [5.74, 6) is -0.588. The molecule has 0 heterocycles. The number of Topliss-reactive ketones (excluding diaryl/α,β-unsaturated/α-hetero) is 1. The molecule has 0 radical (unpaired) electrons. The van der Waals surface area contributed by atoms with E-state index >= 15 is 0 Å². The van der Waals surface area contributed by atoms with E-state index in [1.54, 1.807) is 0 Å². The molecule has 4 bridgehead atoms. The van der Waals surface area contributed by atoms with Crippen LogP contribution in [-0.4, -0.2) is 16.9 Å². The fourth-order valence-electron chi connectivity index (χ4n) is 4.44. The fourth-order valence-corrected chi connectivity index (χ4v) is 4.44. The topological polar surface area (TPSA) is 54.4 Å². The first-order valence-electron chi connectivity index (χ1n) is 5.09. The van der Waals surface area contributed by atoms with Crippen molar-refractivity contribution in [3.05, 3.63) is 0 Å². The highest BCUT2D eigenvalue weighted by molar-refractivity contribution is 6.06. The van der Waals surface area contributed by atoms with Crippen LogP contribution >= 0.6 is 0 Å². The lowest BCUT2D eigenvalue weighted by atomic mass is 9.66. The Balaban J connectivity index is 2.26. The monoisotopic (exact) mass is 194 g/mol. The number of carboxylic acid groups (broad SMARTS) is 1. The summed E-state index contributed by atoms with van der Waals surface area (Å²) in [6.45, 7) is 5.85. The van der Waals surface area contributed by atoms with Crippen LogP contribution in [0.2, 0.25) is 0 Å². The van der Waals surface area contributed by atoms with Crippen molar-refractivity contribution in [2.75, 3.05) is 0 Å². The van der Waals surface area contributed by atoms with Crippen LogP contribution in [0.25, 0.3) is 0 Å². The van der Waals surface area contributed by atoms with Crippen LogP contribution in [0.5, 0.6) is 0 Å². The zero-order chi connectivity index (χ0) is 10.5. The molecule has 4 aliphatic rings. The van der Waals surface area contributed by atoms with E-state index in [0.29, 0.717) is 0 Å². The third kappa shape index (κ3) is 0.421. The highest BCUT2D eigenvalue weighted by Crippen LogP contribution is 2.88. The molecule has 0 amide bonds. The van der Waals surface area contributed by atoms with Crippen molar-refractivity contribution >= 4 is 11.8 Å². The van der Waals surface area contributed by atoms with Gasteiger partial charge in [0.25, 0.3) is 0 Å². The second-order valence-corrected chi connectivity index (χ2v) is 5.78. The number of hydrogen-bond acceptors (Lipinski definition) is 2. The molecule has 3 heteroatoms. The van der Waals surface area contributed by atoms with Crippen molar-refractivity contribution in [1.82, 2.24) is 0 Å². The predicted molar refractivity (Wildman–Crippen MR) is 48.6 cm³/mol. The highest BCUT2D eigenvalue weighted by Gasteiger charge is 2.94. The second kappa shape index (κ2) is 1.66. The van der Waals surface area contributed by atoms with Gasteiger partial charge in [-0.1, -0.05) is 20.8 Å². The van der Waals surface area contributed by atoms with E-state index in [1.807, 2.05) is 20.8 Å². The molecule has 0 aromatic carbocycles. The van der Waals surface area contributed by atoms with Crippen LogP contribution in [-0.2, 0) is 9.59 Å². The van der Waals surface area contributed by atoms with Gasteiger partial charge in [-0.25, -0.2) is 0 Å². The Morgan fingerprint density at radius 1 is 1.43 bits per heavy atom. The molecule has 0 spiro atoms. The van der Waals surface area contributed by atoms with Crippen molar-refractivity contribution in [2.45, 2.75) is 27.2 Å². The molecule has 0 aromatic rings. The molecule has 4 rings (SSSR count). The number of aliphatic carboxylic acids is 1. The van der Waals surface area contributed by atoms with Gasteiger partial charge in [0.05, 0.1) is 5.41 Å². The lowest BCUT2D eigenvalue weighted by Gasteiger charge is -2.35. The van der Waals surface area contributed by atoms with E-state index < -0.39 is 11.4 Å². The molecule has 1 N–H and O–H groups in total. The third-order valence-corrected chi connectivity index (χ3v) is 5.59. The van der Waals surface area contributed by atoms with Crippen molar-refractivity contribution in [1.29, 1.82) is 0 Å². The zero-order valence-corrected chi connectivity index (χ0v) is 8.63. The van der Waals surface area contributed by atoms with E-state index in [-0.39, 0.29) is 28.4 Å². The molecule has 0 aliphatic heterocycles. The Bertz CT molecular complexity index is 384. The summed E-state index contributed by atoms with van der Waals surface area (Å²) in [6, 6.07) is 0. The summed E-state index contributed by atoms with van der Waals surface area (Å²) in [7, 11) is 0. The normalized spacial score (nSPS) is 56.4. The summed E-state index contributed by atoms with van der Waals surface area (Å²) < 4.78 is 0. The SMILES string of the molecule is CC1(C)[C@]2(C(=O)O)[C@@H]3C[C@]1(C)C(=O)[C@H]32. The van der Waals surface area contributed by atoms with Gasteiger partial charge in [-0.15, -0.1) is 0 Å². The van der Waals surface area contributed by atoms with E-state index in [1.165, 1.54) is 0 Å². The first kappa shape index (κ1) is 8.45. The molecule has 3 nitrogen and oxygen atoms in total. The average molecular weight is 194 g/mol. The number of carbonyl (C=O) groups excluding carboxylic acids is 1. The van der Waals surface area contributed by atoms with E-state index in [4.69, 9.17) is 0 Å². The Kier molecular flexibility index (Phi) is 1.00. The number of carboxylic acids is 1. The lowest BCUT2D eigenvalue weighted by molar-refractivity contribution is -0.148. The average Bonchev–Trinajstić information content (AvgIpc) is 2.53. The number of rotatable bonds is 1. The minimum absolute atomic E-state index is 0.132. The maximum atomic E-state index is 12.0. The van der Waals surface area contributed by atoms with E-state index in [2.05, 4.69) is 0 Å². The van der Waals surface area contributed by atoms with E-state index in [0.717, 1.165) is 6.42 Å². The molecule has 0 saturated heterocycles. The van der Waals surface area contributed by atoms with Gasteiger partial charge in [0.2, 0.25) is 0 Å². The summed E-state index contributed by atoms with van der Waals surface area (Å²) in [5, 5.41) is 9.33. The van der Waals surface area contributed by atoms with E-state index in [9.17, 15) is 14.7 Å². The quantitative estimate of drug-likeness (QED) is 0.685. The summed E-state index contributed by atoms with van der Waals surface area (Å²) in [6.07, 6.45) is 0.788. The van der Waals surface area contributed by atoms with Gasteiger partial charge in [0.15, 0.2) is 0 Å². The summed E-state index contributed by atoms with van der Waals surface area (Å²) in [5.41, 5.74) is -1.45.